The van der Waals surface area contributed by atoms with Crippen molar-refractivity contribution in [3.63, 3.8) is 0 Å². The van der Waals surface area contributed by atoms with E-state index in [9.17, 15) is 13.2 Å². The van der Waals surface area contributed by atoms with Gasteiger partial charge in [0.2, 0.25) is 0 Å². The van der Waals surface area contributed by atoms with E-state index in [4.69, 9.17) is 0 Å². The molecule has 0 aromatic carbocycles. The predicted molar refractivity (Wildman–Crippen MR) is 93.9 cm³/mol. The lowest BCUT2D eigenvalue weighted by molar-refractivity contribution is 0.0936. The van der Waals surface area contributed by atoms with Crippen molar-refractivity contribution in [2.24, 2.45) is 0 Å². The smallest absolute Gasteiger partial charge is 0.270 e. The van der Waals surface area contributed by atoms with Gasteiger partial charge in [0.25, 0.3) is 5.91 Å². The van der Waals surface area contributed by atoms with Crippen molar-refractivity contribution in [2.45, 2.75) is 57.0 Å². The first kappa shape index (κ1) is 17.2. The summed E-state index contributed by atoms with van der Waals surface area (Å²) in [5.74, 6) is -0.131. The zero-order valence-electron chi connectivity index (χ0n) is 13.8. The Bertz CT molecular complexity index is 665. The molecule has 0 spiro atoms. The third-order valence-electron chi connectivity index (χ3n) is 4.79. The van der Waals surface area contributed by atoms with E-state index in [0.29, 0.717) is 18.2 Å². The Kier molecular flexibility index (Phi) is 5.38. The van der Waals surface area contributed by atoms with Crippen LogP contribution in [0.3, 0.4) is 0 Å². The molecule has 1 aromatic rings. The average Bonchev–Trinajstić information content (AvgIpc) is 2.75. The summed E-state index contributed by atoms with van der Waals surface area (Å²) in [6.45, 7) is 0. The molecule has 2 N–H and O–H groups in total. The molecule has 0 bridgehead atoms. The van der Waals surface area contributed by atoms with E-state index < -0.39 is 9.84 Å². The lowest BCUT2D eigenvalue weighted by atomic mass is 10.1. The van der Waals surface area contributed by atoms with Crippen LogP contribution >= 0.6 is 0 Å². The number of aromatic nitrogens is 1. The van der Waals surface area contributed by atoms with E-state index in [1.165, 1.54) is 38.5 Å². The molecule has 1 saturated heterocycles. The normalized spacial score (nSPS) is 24.2. The van der Waals surface area contributed by atoms with Crippen LogP contribution in [0.4, 0.5) is 5.69 Å². The number of sulfone groups is 1. The van der Waals surface area contributed by atoms with Gasteiger partial charge in [-0.25, -0.2) is 13.4 Å². The number of carbonyl (C=O) groups is 1. The Morgan fingerprint density at radius 2 is 1.79 bits per heavy atom. The number of carbonyl (C=O) groups excluding carboxylic acids is 1. The van der Waals surface area contributed by atoms with Crippen molar-refractivity contribution in [1.82, 2.24) is 10.3 Å². The van der Waals surface area contributed by atoms with Gasteiger partial charge in [-0.3, -0.25) is 4.79 Å². The van der Waals surface area contributed by atoms with Crippen LogP contribution in [-0.2, 0) is 9.84 Å². The van der Waals surface area contributed by atoms with E-state index in [1.807, 2.05) is 6.07 Å². The molecule has 1 atom stereocenters. The maximum absolute atomic E-state index is 12.2. The molecule has 2 aliphatic rings. The minimum atomic E-state index is -2.99. The van der Waals surface area contributed by atoms with Crippen molar-refractivity contribution in [3.8, 4) is 0 Å². The molecule has 132 valence electrons. The van der Waals surface area contributed by atoms with Crippen molar-refractivity contribution in [2.75, 3.05) is 16.8 Å². The van der Waals surface area contributed by atoms with Gasteiger partial charge in [-0.05, 0) is 31.4 Å². The van der Waals surface area contributed by atoms with Crippen LogP contribution in [0.25, 0.3) is 0 Å². The number of anilines is 1. The fourth-order valence-electron chi connectivity index (χ4n) is 3.44. The van der Waals surface area contributed by atoms with E-state index in [-0.39, 0.29) is 23.5 Å². The monoisotopic (exact) mass is 351 g/mol. The number of nitrogens with zero attached hydrogens (tertiary/aromatic N) is 1. The molecule has 1 aromatic heterocycles. The Morgan fingerprint density at radius 1 is 1.04 bits per heavy atom. The quantitative estimate of drug-likeness (QED) is 0.812. The number of hydrogen-bond acceptors (Lipinski definition) is 5. The van der Waals surface area contributed by atoms with E-state index in [2.05, 4.69) is 15.6 Å². The van der Waals surface area contributed by atoms with Gasteiger partial charge < -0.3 is 10.6 Å². The molecule has 1 unspecified atom stereocenters. The second kappa shape index (κ2) is 7.51. The summed E-state index contributed by atoms with van der Waals surface area (Å²) < 4.78 is 22.9. The third kappa shape index (κ3) is 4.69. The molecule has 1 saturated carbocycles. The lowest BCUT2D eigenvalue weighted by Crippen LogP contribution is -2.36. The van der Waals surface area contributed by atoms with Crippen LogP contribution in [0.1, 0.15) is 55.4 Å². The van der Waals surface area contributed by atoms with Crippen LogP contribution < -0.4 is 10.6 Å². The fourth-order valence-corrected chi connectivity index (χ4v) is 5.11. The SMILES string of the molecule is O=C(NC1CCS(=O)(=O)C1)c1ccc(NC2CCCCCC2)cn1. The van der Waals surface area contributed by atoms with Crippen molar-refractivity contribution in [3.05, 3.63) is 24.0 Å². The van der Waals surface area contributed by atoms with Crippen molar-refractivity contribution < 1.29 is 13.2 Å². The summed E-state index contributed by atoms with van der Waals surface area (Å²) in [6.07, 6.45) is 9.67. The molecule has 0 radical (unpaired) electrons. The highest BCUT2D eigenvalue weighted by atomic mass is 32.2. The number of nitrogens with one attached hydrogen (secondary N) is 2. The topological polar surface area (TPSA) is 88.2 Å². The fraction of sp³-hybridized carbons (Fsp3) is 0.647. The largest absolute Gasteiger partial charge is 0.381 e. The third-order valence-corrected chi connectivity index (χ3v) is 6.56. The van der Waals surface area contributed by atoms with Gasteiger partial charge in [-0.2, -0.15) is 0 Å². The summed E-state index contributed by atoms with van der Waals surface area (Å²) >= 11 is 0. The Hall–Kier alpha value is -1.63. The van der Waals surface area contributed by atoms with Gasteiger partial charge >= 0.3 is 0 Å². The van der Waals surface area contributed by atoms with Gasteiger partial charge in [0.1, 0.15) is 5.69 Å². The molecule has 2 fully saturated rings. The number of hydrogen-bond donors (Lipinski definition) is 2. The van der Waals surface area contributed by atoms with Gasteiger partial charge in [0, 0.05) is 12.1 Å². The Labute approximate surface area is 143 Å². The summed E-state index contributed by atoms with van der Waals surface area (Å²) in [6, 6.07) is 3.75. The maximum Gasteiger partial charge on any atom is 0.270 e. The van der Waals surface area contributed by atoms with Gasteiger partial charge in [0.05, 0.1) is 23.4 Å². The van der Waals surface area contributed by atoms with Gasteiger partial charge in [0.15, 0.2) is 9.84 Å². The number of pyridine rings is 1. The molecule has 1 aliphatic carbocycles. The predicted octanol–water partition coefficient (Wildman–Crippen LogP) is 2.13. The Morgan fingerprint density at radius 3 is 2.38 bits per heavy atom. The zero-order chi connectivity index (χ0) is 17.0. The summed E-state index contributed by atoms with van der Waals surface area (Å²) in [4.78, 5) is 16.4. The van der Waals surface area contributed by atoms with Crippen LogP contribution in [0.15, 0.2) is 18.3 Å². The maximum atomic E-state index is 12.2. The van der Waals surface area contributed by atoms with Crippen LogP contribution in [-0.4, -0.2) is 42.9 Å². The highest BCUT2D eigenvalue weighted by Gasteiger charge is 2.29. The van der Waals surface area contributed by atoms with Crippen LogP contribution in [0.2, 0.25) is 0 Å². The van der Waals surface area contributed by atoms with Gasteiger partial charge in [-0.1, -0.05) is 25.7 Å². The molecule has 1 aliphatic heterocycles. The van der Waals surface area contributed by atoms with E-state index in [0.717, 1.165) is 5.69 Å². The van der Waals surface area contributed by atoms with Crippen LogP contribution in [0, 0.1) is 0 Å². The summed E-state index contributed by atoms with van der Waals surface area (Å²) in [5.41, 5.74) is 1.26. The average molecular weight is 351 g/mol. The second-order valence-corrected chi connectivity index (χ2v) is 9.07. The highest BCUT2D eigenvalue weighted by Crippen LogP contribution is 2.21. The first-order valence-corrected chi connectivity index (χ1v) is 10.6. The van der Waals surface area contributed by atoms with Crippen molar-refractivity contribution in [1.29, 1.82) is 0 Å². The van der Waals surface area contributed by atoms with Crippen LogP contribution in [0.5, 0.6) is 0 Å². The molecule has 7 heteroatoms. The van der Waals surface area contributed by atoms with Crippen molar-refractivity contribution >= 4 is 21.4 Å². The molecular weight excluding hydrogens is 326 g/mol. The Balaban J connectivity index is 1.54. The molecule has 3 rings (SSSR count). The number of amides is 1. The first-order valence-electron chi connectivity index (χ1n) is 8.76. The minimum absolute atomic E-state index is 0.0278. The van der Waals surface area contributed by atoms with E-state index >= 15 is 0 Å². The summed E-state index contributed by atoms with van der Waals surface area (Å²) in [7, 11) is -2.99. The lowest BCUT2D eigenvalue weighted by Gasteiger charge is -2.17. The number of rotatable bonds is 4. The zero-order valence-corrected chi connectivity index (χ0v) is 14.6. The van der Waals surface area contributed by atoms with Gasteiger partial charge in [-0.15, -0.1) is 0 Å². The van der Waals surface area contributed by atoms with E-state index in [1.54, 1.807) is 12.3 Å². The first-order chi connectivity index (χ1) is 11.5. The molecule has 1 amide bonds. The molecule has 24 heavy (non-hydrogen) atoms. The minimum Gasteiger partial charge on any atom is -0.381 e. The standard InChI is InChI=1S/C17H25N3O3S/c21-17(20-15-9-10-24(22,23)12-15)16-8-7-14(11-18-16)19-13-5-3-1-2-4-6-13/h7-8,11,13,15,19H,1-6,9-10,12H2,(H,20,21). The highest BCUT2D eigenvalue weighted by molar-refractivity contribution is 7.91. The summed E-state index contributed by atoms with van der Waals surface area (Å²) in [5, 5.41) is 6.26. The molecular formula is C17H25N3O3S. The second-order valence-electron chi connectivity index (χ2n) is 6.84. The molecule has 6 nitrogen and oxygen atoms in total. The molecule has 2 heterocycles.